The molecule has 2 fully saturated rings. The van der Waals surface area contributed by atoms with Crippen LogP contribution in [-0.4, -0.2) is 14.3 Å². The van der Waals surface area contributed by atoms with Crippen molar-refractivity contribution in [2.45, 2.75) is 30.6 Å². The van der Waals surface area contributed by atoms with Gasteiger partial charge in [0.15, 0.2) is 0 Å². The molecule has 2 saturated carbocycles. The molecule has 2 aliphatic rings. The number of hydrogen-bond acceptors (Lipinski definition) is 3. The van der Waals surface area contributed by atoms with E-state index in [0.29, 0.717) is 17.5 Å². The number of benzene rings is 1. The van der Waals surface area contributed by atoms with Crippen LogP contribution in [0.3, 0.4) is 0 Å². The molecule has 7 heteroatoms. The van der Waals surface area contributed by atoms with Crippen LogP contribution < -0.4 is 5.32 Å². The van der Waals surface area contributed by atoms with Gasteiger partial charge in [0.05, 0.1) is 5.02 Å². The third kappa shape index (κ3) is 3.05. The van der Waals surface area contributed by atoms with Crippen LogP contribution in [-0.2, 0) is 13.8 Å². The minimum atomic E-state index is -3.87. The summed E-state index contributed by atoms with van der Waals surface area (Å²) in [5.41, 5.74) is 0.498. The molecule has 2 aliphatic carbocycles. The van der Waals surface area contributed by atoms with E-state index in [2.05, 4.69) is 5.32 Å². The van der Waals surface area contributed by atoms with Gasteiger partial charge in [0.2, 0.25) is 5.91 Å². The third-order valence-corrected chi connectivity index (χ3v) is 6.23. The summed E-state index contributed by atoms with van der Waals surface area (Å²) >= 11 is 5.90. The molecule has 0 heterocycles. The van der Waals surface area contributed by atoms with Crippen LogP contribution in [0.1, 0.15) is 25.7 Å². The Morgan fingerprint density at radius 3 is 2.33 bits per heavy atom. The third-order valence-electron chi connectivity index (χ3n) is 4.42. The summed E-state index contributed by atoms with van der Waals surface area (Å²) in [5, 5.41) is 2.83. The second-order valence-electron chi connectivity index (χ2n) is 5.71. The van der Waals surface area contributed by atoms with E-state index in [9.17, 15) is 13.2 Å². The number of anilines is 1. The zero-order chi connectivity index (χ0) is 15.2. The maximum absolute atomic E-state index is 12.2. The number of rotatable bonds is 3. The number of amides is 1. The van der Waals surface area contributed by atoms with Crippen molar-refractivity contribution in [3.05, 3.63) is 23.2 Å². The fourth-order valence-electron chi connectivity index (χ4n) is 3.38. The second-order valence-corrected chi connectivity index (χ2v) is 8.65. The van der Waals surface area contributed by atoms with Crippen molar-refractivity contribution in [1.29, 1.82) is 0 Å². The van der Waals surface area contributed by atoms with E-state index in [4.69, 9.17) is 22.3 Å². The van der Waals surface area contributed by atoms with Crippen LogP contribution in [0.5, 0.6) is 0 Å². The smallest absolute Gasteiger partial charge is 0.262 e. The van der Waals surface area contributed by atoms with Crippen molar-refractivity contribution in [2.75, 3.05) is 5.32 Å². The van der Waals surface area contributed by atoms with Crippen molar-refractivity contribution < 1.29 is 13.2 Å². The summed E-state index contributed by atoms with van der Waals surface area (Å²) in [7, 11) is 1.39. The molecule has 0 spiro atoms. The highest BCUT2D eigenvalue weighted by molar-refractivity contribution is 8.13. The summed E-state index contributed by atoms with van der Waals surface area (Å²) in [5.74, 6) is 1.15. The first-order valence-corrected chi connectivity index (χ1v) is 9.62. The Morgan fingerprint density at radius 1 is 1.19 bits per heavy atom. The van der Waals surface area contributed by atoms with Gasteiger partial charge < -0.3 is 5.32 Å². The van der Waals surface area contributed by atoms with Crippen LogP contribution in [0, 0.1) is 17.8 Å². The van der Waals surface area contributed by atoms with Crippen LogP contribution in [0.2, 0.25) is 5.02 Å². The Balaban J connectivity index is 1.71. The van der Waals surface area contributed by atoms with Crippen LogP contribution in [0.15, 0.2) is 23.1 Å². The molecule has 114 valence electrons. The van der Waals surface area contributed by atoms with Gasteiger partial charge in [0, 0.05) is 22.3 Å². The lowest BCUT2D eigenvalue weighted by Crippen LogP contribution is -2.15. The highest BCUT2D eigenvalue weighted by Crippen LogP contribution is 2.55. The van der Waals surface area contributed by atoms with Crippen molar-refractivity contribution >= 4 is 42.9 Å². The van der Waals surface area contributed by atoms with E-state index in [1.807, 2.05) is 0 Å². The number of carbonyl (C=O) groups excluding carboxylic acids is 1. The van der Waals surface area contributed by atoms with E-state index in [1.54, 1.807) is 0 Å². The van der Waals surface area contributed by atoms with Crippen LogP contribution >= 0.6 is 22.3 Å². The Bertz CT molecular complexity index is 677. The summed E-state index contributed by atoms with van der Waals surface area (Å²) in [6.07, 6.45) is 4.68. The molecule has 1 amide bonds. The zero-order valence-corrected chi connectivity index (χ0v) is 13.5. The maximum atomic E-state index is 12.2. The first-order chi connectivity index (χ1) is 9.88. The fraction of sp³-hybridized carbons (Fsp3) is 0.500. The van der Waals surface area contributed by atoms with E-state index in [1.165, 1.54) is 31.0 Å². The number of halogens is 2. The van der Waals surface area contributed by atoms with Gasteiger partial charge in [0.25, 0.3) is 9.05 Å². The molecule has 21 heavy (non-hydrogen) atoms. The predicted octanol–water partition coefficient (Wildman–Crippen LogP) is 3.64. The molecule has 4 nitrogen and oxygen atoms in total. The molecule has 1 aromatic carbocycles. The van der Waals surface area contributed by atoms with Gasteiger partial charge >= 0.3 is 0 Å². The molecule has 0 aromatic heterocycles. The predicted molar refractivity (Wildman–Crippen MR) is 82.1 cm³/mol. The van der Waals surface area contributed by atoms with E-state index < -0.39 is 9.05 Å². The summed E-state index contributed by atoms with van der Waals surface area (Å²) in [4.78, 5) is 12.1. The average Bonchev–Trinajstić information content (AvgIpc) is 3.11. The Morgan fingerprint density at radius 2 is 1.81 bits per heavy atom. The zero-order valence-electron chi connectivity index (χ0n) is 11.2. The van der Waals surface area contributed by atoms with E-state index in [-0.39, 0.29) is 21.7 Å². The number of nitrogens with one attached hydrogen (secondary N) is 1. The average molecular weight is 348 g/mol. The number of hydrogen-bond donors (Lipinski definition) is 1. The van der Waals surface area contributed by atoms with Gasteiger partial charge in [-0.05, 0) is 42.9 Å². The Hall–Kier alpha value is -0.780. The van der Waals surface area contributed by atoms with E-state index >= 15 is 0 Å². The van der Waals surface area contributed by atoms with Gasteiger partial charge in [-0.1, -0.05) is 24.4 Å². The van der Waals surface area contributed by atoms with Gasteiger partial charge in [0.1, 0.15) is 4.90 Å². The molecule has 0 bridgehead atoms. The fourth-order valence-corrected chi connectivity index (χ4v) is 4.91. The lowest BCUT2D eigenvalue weighted by Gasteiger charge is -2.07. The minimum absolute atomic E-state index is 0.00412. The lowest BCUT2D eigenvalue weighted by atomic mass is 10.0. The van der Waals surface area contributed by atoms with Gasteiger partial charge in [-0.25, -0.2) is 8.42 Å². The highest BCUT2D eigenvalue weighted by atomic mass is 35.7. The van der Waals surface area contributed by atoms with E-state index in [0.717, 1.165) is 12.8 Å². The van der Waals surface area contributed by atoms with Crippen LogP contribution in [0.25, 0.3) is 0 Å². The normalized spacial score (nSPS) is 27.8. The first kappa shape index (κ1) is 15.1. The summed E-state index contributed by atoms with van der Waals surface area (Å²) < 4.78 is 22.5. The van der Waals surface area contributed by atoms with Crippen molar-refractivity contribution in [2.24, 2.45) is 17.8 Å². The quantitative estimate of drug-likeness (QED) is 0.849. The molecular formula is C14H15Cl2NO3S. The molecule has 1 aromatic rings. The number of fused-ring (bicyclic) bond motifs is 1. The monoisotopic (exact) mass is 347 g/mol. The van der Waals surface area contributed by atoms with Crippen LogP contribution in [0.4, 0.5) is 5.69 Å². The summed E-state index contributed by atoms with van der Waals surface area (Å²) in [6, 6.07) is 4.23. The molecular weight excluding hydrogens is 333 g/mol. The second kappa shape index (κ2) is 5.45. The van der Waals surface area contributed by atoms with Gasteiger partial charge in [-0.3, -0.25) is 4.79 Å². The largest absolute Gasteiger partial charge is 0.326 e. The first-order valence-electron chi connectivity index (χ1n) is 6.93. The highest BCUT2D eigenvalue weighted by Gasteiger charge is 2.54. The Labute approximate surface area is 133 Å². The molecule has 2 unspecified atom stereocenters. The lowest BCUT2D eigenvalue weighted by molar-refractivity contribution is -0.117. The van der Waals surface area contributed by atoms with Gasteiger partial charge in [-0.2, -0.15) is 0 Å². The summed E-state index contributed by atoms with van der Waals surface area (Å²) in [6.45, 7) is 0. The Kier molecular flexibility index (Phi) is 3.93. The minimum Gasteiger partial charge on any atom is -0.326 e. The molecule has 3 rings (SSSR count). The maximum Gasteiger partial charge on any atom is 0.262 e. The number of carbonyl (C=O) groups is 1. The molecule has 2 atom stereocenters. The molecule has 0 saturated heterocycles. The van der Waals surface area contributed by atoms with Crippen molar-refractivity contribution in [3.8, 4) is 0 Å². The SMILES string of the molecule is O=C(Nc1ccc(S(=O)(=O)Cl)c(Cl)c1)C1C2CCCCC21. The van der Waals surface area contributed by atoms with Gasteiger partial charge in [-0.15, -0.1) is 0 Å². The standard InChI is InChI=1S/C14H15Cl2NO3S/c15-11-7-8(5-6-12(11)21(16,19)20)17-14(18)13-9-3-1-2-4-10(9)13/h5-7,9-10,13H,1-4H2,(H,17,18). The molecule has 0 aliphatic heterocycles. The van der Waals surface area contributed by atoms with Crippen molar-refractivity contribution in [3.63, 3.8) is 0 Å². The van der Waals surface area contributed by atoms with Crippen molar-refractivity contribution in [1.82, 2.24) is 0 Å². The molecule has 1 N–H and O–H groups in total. The topological polar surface area (TPSA) is 63.2 Å². The molecule has 0 radical (unpaired) electrons.